The lowest BCUT2D eigenvalue weighted by atomic mass is 10.2. The molecule has 0 spiro atoms. The van der Waals surface area contributed by atoms with E-state index in [0.29, 0.717) is 22.3 Å². The molecule has 0 aliphatic heterocycles. The molecule has 0 amide bonds. The molecular formula is C18H19NO5S. The Morgan fingerprint density at radius 3 is 2.40 bits per heavy atom. The molecule has 2 N–H and O–H groups in total. The van der Waals surface area contributed by atoms with Crippen LogP contribution in [0.3, 0.4) is 0 Å². The molecule has 1 unspecified atom stereocenters. The summed E-state index contributed by atoms with van der Waals surface area (Å²) < 4.78 is 40.2. The maximum atomic E-state index is 11.7. The molecule has 132 valence electrons. The number of aromatic nitrogens is 1. The lowest BCUT2D eigenvalue weighted by Crippen LogP contribution is -2.24. The highest BCUT2D eigenvalue weighted by atomic mass is 32.2. The Morgan fingerprint density at radius 1 is 1.08 bits per heavy atom. The van der Waals surface area contributed by atoms with Crippen molar-refractivity contribution < 1.29 is 22.8 Å². The summed E-state index contributed by atoms with van der Waals surface area (Å²) in [6.45, 7) is 1.82. The molecule has 3 rings (SSSR count). The van der Waals surface area contributed by atoms with Crippen molar-refractivity contribution in [3.05, 3.63) is 60.3 Å². The van der Waals surface area contributed by atoms with E-state index in [1.165, 1.54) is 0 Å². The highest BCUT2D eigenvalue weighted by Gasteiger charge is 2.24. The van der Waals surface area contributed by atoms with Crippen molar-refractivity contribution in [2.75, 3.05) is 6.61 Å². The van der Waals surface area contributed by atoms with E-state index in [4.69, 9.17) is 4.74 Å². The third kappa shape index (κ3) is 3.68. The van der Waals surface area contributed by atoms with Gasteiger partial charge in [0.1, 0.15) is 23.4 Å². The zero-order valence-electron chi connectivity index (χ0n) is 13.7. The van der Waals surface area contributed by atoms with Crippen LogP contribution in [-0.2, 0) is 16.7 Å². The quantitative estimate of drug-likeness (QED) is 0.659. The molecule has 6 nitrogen and oxygen atoms in total. The van der Waals surface area contributed by atoms with Crippen molar-refractivity contribution in [3.8, 4) is 5.75 Å². The summed E-state index contributed by atoms with van der Waals surface area (Å²) in [5.41, 5.74) is 1.01. The normalized spacial score (nSPS) is 13.1. The number of hydrogen-bond donors (Lipinski definition) is 2. The van der Waals surface area contributed by atoms with Crippen molar-refractivity contribution in [3.63, 3.8) is 0 Å². The molecule has 0 saturated heterocycles. The number of rotatable bonds is 6. The minimum atomic E-state index is -4.36. The fourth-order valence-corrected chi connectivity index (χ4v) is 3.87. The highest BCUT2D eigenvalue weighted by Crippen LogP contribution is 2.29. The number of fused-ring (bicyclic) bond motifs is 1. The first-order valence-corrected chi connectivity index (χ1v) is 9.23. The van der Waals surface area contributed by atoms with Crippen LogP contribution in [0.25, 0.3) is 10.9 Å². The zero-order valence-corrected chi connectivity index (χ0v) is 14.5. The van der Waals surface area contributed by atoms with Gasteiger partial charge in [0.2, 0.25) is 0 Å². The van der Waals surface area contributed by atoms with Crippen molar-refractivity contribution in [1.82, 2.24) is 4.57 Å². The van der Waals surface area contributed by atoms with E-state index >= 15 is 0 Å². The SMILES string of the molecule is Cc1c(S(=O)(=O)O)c2ccccc2n1CC(O)COc1ccccc1. The minimum Gasteiger partial charge on any atom is -0.491 e. The van der Waals surface area contributed by atoms with E-state index in [9.17, 15) is 18.1 Å². The number of ether oxygens (including phenoxy) is 1. The van der Waals surface area contributed by atoms with Gasteiger partial charge in [-0.2, -0.15) is 8.42 Å². The van der Waals surface area contributed by atoms with Gasteiger partial charge >= 0.3 is 0 Å². The fraction of sp³-hybridized carbons (Fsp3) is 0.222. The number of aliphatic hydroxyl groups is 1. The summed E-state index contributed by atoms with van der Waals surface area (Å²) in [5, 5.41) is 10.7. The largest absolute Gasteiger partial charge is 0.491 e. The molecular weight excluding hydrogens is 342 g/mol. The predicted molar refractivity (Wildman–Crippen MR) is 94.4 cm³/mol. The van der Waals surface area contributed by atoms with Gasteiger partial charge in [-0.25, -0.2) is 0 Å². The van der Waals surface area contributed by atoms with Crippen molar-refractivity contribution >= 4 is 21.0 Å². The van der Waals surface area contributed by atoms with Crippen LogP contribution in [0.1, 0.15) is 5.69 Å². The van der Waals surface area contributed by atoms with Crippen LogP contribution in [0.5, 0.6) is 5.75 Å². The summed E-state index contributed by atoms with van der Waals surface area (Å²) >= 11 is 0. The molecule has 1 atom stereocenters. The Morgan fingerprint density at radius 2 is 1.72 bits per heavy atom. The molecule has 1 heterocycles. The monoisotopic (exact) mass is 361 g/mol. The van der Waals surface area contributed by atoms with Gasteiger partial charge in [0.05, 0.1) is 6.54 Å². The van der Waals surface area contributed by atoms with Gasteiger partial charge in [0.15, 0.2) is 0 Å². The topological polar surface area (TPSA) is 88.8 Å². The second-order valence-electron chi connectivity index (χ2n) is 5.80. The summed E-state index contributed by atoms with van der Waals surface area (Å²) in [6, 6.07) is 16.0. The number of benzene rings is 2. The van der Waals surface area contributed by atoms with E-state index in [1.807, 2.05) is 18.2 Å². The van der Waals surface area contributed by atoms with E-state index in [1.54, 1.807) is 47.9 Å². The number of aliphatic hydroxyl groups excluding tert-OH is 1. The second-order valence-corrected chi connectivity index (χ2v) is 7.15. The van der Waals surface area contributed by atoms with Crippen LogP contribution in [0.2, 0.25) is 0 Å². The van der Waals surface area contributed by atoms with Crippen LogP contribution in [0.4, 0.5) is 0 Å². The molecule has 3 aromatic rings. The second kappa shape index (κ2) is 6.87. The van der Waals surface area contributed by atoms with E-state index in [-0.39, 0.29) is 18.0 Å². The average molecular weight is 361 g/mol. The van der Waals surface area contributed by atoms with Crippen LogP contribution in [0, 0.1) is 6.92 Å². The molecule has 0 aliphatic carbocycles. The third-order valence-corrected chi connectivity index (χ3v) is 5.04. The highest BCUT2D eigenvalue weighted by molar-refractivity contribution is 7.86. The van der Waals surface area contributed by atoms with Crippen LogP contribution in [-0.4, -0.2) is 35.4 Å². The summed E-state index contributed by atoms with van der Waals surface area (Å²) in [6.07, 6.45) is -0.844. The minimum absolute atomic E-state index is 0.0666. The molecule has 0 saturated carbocycles. The van der Waals surface area contributed by atoms with Gasteiger partial charge in [-0.05, 0) is 25.1 Å². The first kappa shape index (κ1) is 17.5. The molecule has 0 radical (unpaired) electrons. The average Bonchev–Trinajstić information content (AvgIpc) is 2.86. The van der Waals surface area contributed by atoms with Crippen molar-refractivity contribution in [2.24, 2.45) is 0 Å². The van der Waals surface area contributed by atoms with Crippen molar-refractivity contribution in [2.45, 2.75) is 24.5 Å². The van der Waals surface area contributed by atoms with E-state index in [0.717, 1.165) is 0 Å². The molecule has 0 aliphatic rings. The Labute approximate surface area is 146 Å². The third-order valence-electron chi connectivity index (χ3n) is 4.01. The van der Waals surface area contributed by atoms with Gasteiger partial charge in [-0.3, -0.25) is 4.55 Å². The Hall–Kier alpha value is -2.35. The summed E-state index contributed by atoms with van der Waals surface area (Å²) in [4.78, 5) is -0.126. The standard InChI is InChI=1S/C18H19NO5S/c1-13-18(25(21,22)23)16-9-5-6-10-17(16)19(13)11-14(20)12-24-15-7-3-2-4-8-15/h2-10,14,20H,11-12H2,1H3,(H,21,22,23). The fourth-order valence-electron chi connectivity index (χ4n) is 2.93. The van der Waals surface area contributed by atoms with Gasteiger partial charge in [0.25, 0.3) is 10.1 Å². The van der Waals surface area contributed by atoms with Gasteiger partial charge in [-0.15, -0.1) is 0 Å². The lowest BCUT2D eigenvalue weighted by Gasteiger charge is -2.15. The molecule has 25 heavy (non-hydrogen) atoms. The Balaban J connectivity index is 1.87. The van der Waals surface area contributed by atoms with Crippen LogP contribution in [0.15, 0.2) is 59.5 Å². The van der Waals surface area contributed by atoms with Gasteiger partial charge in [0, 0.05) is 16.6 Å². The molecule has 2 aromatic carbocycles. The summed E-state index contributed by atoms with van der Waals surface area (Å²) in [5.74, 6) is 0.647. The predicted octanol–water partition coefficient (Wildman–Crippen LogP) is 2.64. The smallest absolute Gasteiger partial charge is 0.296 e. The maximum absolute atomic E-state index is 11.7. The molecule has 0 bridgehead atoms. The van der Waals surface area contributed by atoms with E-state index < -0.39 is 16.2 Å². The lowest BCUT2D eigenvalue weighted by molar-refractivity contribution is 0.0930. The van der Waals surface area contributed by atoms with Crippen LogP contribution < -0.4 is 4.74 Å². The van der Waals surface area contributed by atoms with Crippen LogP contribution >= 0.6 is 0 Å². The Bertz CT molecular complexity index is 979. The van der Waals surface area contributed by atoms with Gasteiger partial charge < -0.3 is 14.4 Å². The first-order chi connectivity index (χ1) is 11.9. The zero-order chi connectivity index (χ0) is 18.0. The molecule has 7 heteroatoms. The number of hydrogen-bond acceptors (Lipinski definition) is 4. The number of nitrogens with zero attached hydrogens (tertiary/aromatic N) is 1. The van der Waals surface area contributed by atoms with Crippen molar-refractivity contribution in [1.29, 1.82) is 0 Å². The molecule has 0 fully saturated rings. The molecule has 1 aromatic heterocycles. The number of para-hydroxylation sites is 2. The maximum Gasteiger partial charge on any atom is 0.296 e. The first-order valence-electron chi connectivity index (χ1n) is 7.79. The Kier molecular flexibility index (Phi) is 4.80. The van der Waals surface area contributed by atoms with E-state index in [2.05, 4.69) is 0 Å². The summed E-state index contributed by atoms with van der Waals surface area (Å²) in [7, 11) is -4.36. The van der Waals surface area contributed by atoms with Gasteiger partial charge in [-0.1, -0.05) is 36.4 Å².